The van der Waals surface area contributed by atoms with Crippen molar-refractivity contribution in [1.29, 1.82) is 0 Å². The summed E-state index contributed by atoms with van der Waals surface area (Å²) in [6, 6.07) is 9.98. The number of rotatable bonds is 5. The summed E-state index contributed by atoms with van der Waals surface area (Å²) in [7, 11) is 0. The summed E-state index contributed by atoms with van der Waals surface area (Å²) >= 11 is 1.40. The van der Waals surface area contributed by atoms with Gasteiger partial charge in [-0.1, -0.05) is 48.4 Å². The summed E-state index contributed by atoms with van der Waals surface area (Å²) in [6.07, 6.45) is 0. The van der Waals surface area contributed by atoms with Crippen LogP contribution in [0.4, 0.5) is 0 Å². The second kappa shape index (κ2) is 5.89. The molecular formula is C15H17NO2S. The number of nitrogens with zero attached hydrogens (tertiary/aromatic N) is 1. The van der Waals surface area contributed by atoms with Crippen molar-refractivity contribution in [2.75, 3.05) is 6.61 Å². The highest BCUT2D eigenvalue weighted by atomic mass is 32.1. The van der Waals surface area contributed by atoms with Gasteiger partial charge in [0.1, 0.15) is 5.76 Å². The molecular weight excluding hydrogens is 258 g/mol. The minimum atomic E-state index is -0.0418. The van der Waals surface area contributed by atoms with Crippen molar-refractivity contribution >= 4 is 17.3 Å². The third-order valence-corrected chi connectivity index (χ3v) is 4.02. The molecule has 2 aromatic rings. The number of aromatic nitrogens is 1. The van der Waals surface area contributed by atoms with E-state index in [2.05, 4.69) is 6.58 Å². The minimum Gasteiger partial charge on any atom is -0.494 e. The van der Waals surface area contributed by atoms with Crippen molar-refractivity contribution in [3.8, 4) is 0 Å². The molecule has 0 unspecified atom stereocenters. The van der Waals surface area contributed by atoms with E-state index >= 15 is 0 Å². The van der Waals surface area contributed by atoms with Crippen molar-refractivity contribution < 1.29 is 4.74 Å². The maximum Gasteiger partial charge on any atom is 0.272 e. The standard InChI is InChI=1S/C15H17NO2S/c1-4-18-12(3)14-10-19-16(15(14)17)11(2)13-8-6-5-7-9-13/h5-11H,3-4H2,1-2H3/t11-/m0/s1. The lowest BCUT2D eigenvalue weighted by molar-refractivity contribution is 0.298. The van der Waals surface area contributed by atoms with E-state index < -0.39 is 0 Å². The second-order valence-corrected chi connectivity index (χ2v) is 5.05. The maximum atomic E-state index is 12.3. The molecule has 0 aliphatic heterocycles. The van der Waals surface area contributed by atoms with Crippen molar-refractivity contribution in [3.63, 3.8) is 0 Å². The van der Waals surface area contributed by atoms with E-state index in [1.807, 2.05) is 44.2 Å². The Morgan fingerprint density at radius 3 is 2.74 bits per heavy atom. The van der Waals surface area contributed by atoms with E-state index in [0.717, 1.165) is 5.56 Å². The van der Waals surface area contributed by atoms with Crippen LogP contribution < -0.4 is 5.56 Å². The molecule has 0 aliphatic carbocycles. The highest BCUT2D eigenvalue weighted by Crippen LogP contribution is 2.21. The normalized spacial score (nSPS) is 12.1. The lowest BCUT2D eigenvalue weighted by atomic mass is 10.1. The average molecular weight is 275 g/mol. The lowest BCUT2D eigenvalue weighted by Gasteiger charge is -2.11. The number of benzene rings is 1. The zero-order chi connectivity index (χ0) is 13.8. The van der Waals surface area contributed by atoms with E-state index in [1.165, 1.54) is 11.5 Å². The van der Waals surface area contributed by atoms with Gasteiger partial charge in [0.15, 0.2) is 0 Å². The van der Waals surface area contributed by atoms with Gasteiger partial charge in [-0.3, -0.25) is 8.75 Å². The van der Waals surface area contributed by atoms with E-state index in [4.69, 9.17) is 4.74 Å². The summed E-state index contributed by atoms with van der Waals surface area (Å²) in [6.45, 7) is 8.20. The fourth-order valence-electron chi connectivity index (χ4n) is 1.90. The smallest absolute Gasteiger partial charge is 0.272 e. The van der Waals surface area contributed by atoms with Crippen LogP contribution in [0.3, 0.4) is 0 Å². The van der Waals surface area contributed by atoms with Gasteiger partial charge in [-0.25, -0.2) is 0 Å². The Hall–Kier alpha value is -1.81. The molecule has 0 radical (unpaired) electrons. The molecule has 0 spiro atoms. The van der Waals surface area contributed by atoms with Gasteiger partial charge < -0.3 is 4.74 Å². The SMILES string of the molecule is C=C(OCC)c1csn([C@@H](C)c2ccccc2)c1=O. The Balaban J connectivity index is 2.33. The Labute approximate surface area is 116 Å². The first kappa shape index (κ1) is 13.6. The third kappa shape index (κ3) is 2.79. The Bertz CT molecular complexity index is 613. The molecule has 1 atom stereocenters. The topological polar surface area (TPSA) is 31.2 Å². The average Bonchev–Trinajstić information content (AvgIpc) is 2.81. The van der Waals surface area contributed by atoms with Gasteiger partial charge in [0, 0.05) is 5.38 Å². The molecule has 1 aromatic heterocycles. The van der Waals surface area contributed by atoms with Gasteiger partial charge in [0.05, 0.1) is 18.2 Å². The zero-order valence-corrected chi connectivity index (χ0v) is 11.9. The summed E-state index contributed by atoms with van der Waals surface area (Å²) in [5, 5.41) is 1.81. The highest BCUT2D eigenvalue weighted by Gasteiger charge is 2.16. The van der Waals surface area contributed by atoms with Crippen LogP contribution in [-0.4, -0.2) is 10.6 Å². The molecule has 0 saturated heterocycles. The first-order valence-electron chi connectivity index (χ1n) is 6.22. The molecule has 4 heteroatoms. The molecule has 3 nitrogen and oxygen atoms in total. The van der Waals surface area contributed by atoms with Crippen molar-refractivity contribution in [2.24, 2.45) is 0 Å². The van der Waals surface area contributed by atoms with Crippen LogP contribution in [-0.2, 0) is 4.74 Å². The maximum absolute atomic E-state index is 12.3. The molecule has 2 rings (SSSR count). The van der Waals surface area contributed by atoms with Crippen molar-refractivity contribution in [1.82, 2.24) is 3.96 Å². The molecule has 0 fully saturated rings. The van der Waals surface area contributed by atoms with Crippen LogP contribution in [0.15, 0.2) is 47.1 Å². The van der Waals surface area contributed by atoms with Gasteiger partial charge in [0.2, 0.25) is 0 Å². The van der Waals surface area contributed by atoms with Gasteiger partial charge in [-0.15, -0.1) is 0 Å². The largest absolute Gasteiger partial charge is 0.494 e. The monoisotopic (exact) mass is 275 g/mol. The predicted octanol–water partition coefficient (Wildman–Crippen LogP) is 3.53. The molecule has 0 bridgehead atoms. The summed E-state index contributed by atoms with van der Waals surface area (Å²) < 4.78 is 7.05. The summed E-state index contributed by atoms with van der Waals surface area (Å²) in [5.41, 5.74) is 1.62. The lowest BCUT2D eigenvalue weighted by Crippen LogP contribution is -2.20. The van der Waals surface area contributed by atoms with Crippen LogP contribution >= 0.6 is 11.5 Å². The van der Waals surface area contributed by atoms with Gasteiger partial charge in [-0.05, 0) is 19.4 Å². The predicted molar refractivity (Wildman–Crippen MR) is 79.5 cm³/mol. The Morgan fingerprint density at radius 1 is 1.42 bits per heavy atom. The number of hydrogen-bond acceptors (Lipinski definition) is 3. The summed E-state index contributed by atoms with van der Waals surface area (Å²) in [4.78, 5) is 12.3. The molecule has 1 heterocycles. The van der Waals surface area contributed by atoms with Crippen LogP contribution in [0.25, 0.3) is 5.76 Å². The third-order valence-electron chi connectivity index (χ3n) is 2.97. The minimum absolute atomic E-state index is 0.0156. The zero-order valence-electron chi connectivity index (χ0n) is 11.1. The fourth-order valence-corrected chi connectivity index (χ4v) is 2.85. The Morgan fingerprint density at radius 2 is 2.11 bits per heavy atom. The van der Waals surface area contributed by atoms with Gasteiger partial charge in [0.25, 0.3) is 5.56 Å². The molecule has 0 aliphatic rings. The van der Waals surface area contributed by atoms with E-state index in [1.54, 1.807) is 9.34 Å². The molecule has 100 valence electrons. The van der Waals surface area contributed by atoms with Crippen molar-refractivity contribution in [2.45, 2.75) is 19.9 Å². The molecule has 0 amide bonds. The van der Waals surface area contributed by atoms with Crippen LogP contribution in [0.2, 0.25) is 0 Å². The number of hydrogen-bond donors (Lipinski definition) is 0. The van der Waals surface area contributed by atoms with Crippen LogP contribution in [0.1, 0.15) is 31.0 Å². The van der Waals surface area contributed by atoms with E-state index in [9.17, 15) is 4.79 Å². The van der Waals surface area contributed by atoms with Gasteiger partial charge in [-0.2, -0.15) is 0 Å². The fraction of sp³-hybridized carbons (Fsp3) is 0.267. The highest BCUT2D eigenvalue weighted by molar-refractivity contribution is 7.04. The second-order valence-electron chi connectivity index (χ2n) is 4.21. The van der Waals surface area contributed by atoms with E-state index in [0.29, 0.717) is 17.9 Å². The summed E-state index contributed by atoms with van der Waals surface area (Å²) in [5.74, 6) is 0.447. The molecule has 0 N–H and O–H groups in total. The molecule has 19 heavy (non-hydrogen) atoms. The first-order valence-corrected chi connectivity index (χ1v) is 7.06. The van der Waals surface area contributed by atoms with Crippen molar-refractivity contribution in [3.05, 3.63) is 63.8 Å². The Kier molecular flexibility index (Phi) is 4.22. The molecule has 0 saturated carbocycles. The quantitative estimate of drug-likeness (QED) is 0.782. The van der Waals surface area contributed by atoms with Crippen LogP contribution in [0.5, 0.6) is 0 Å². The van der Waals surface area contributed by atoms with Gasteiger partial charge >= 0.3 is 0 Å². The first-order chi connectivity index (χ1) is 9.15. The molecule has 1 aromatic carbocycles. The number of ether oxygens (including phenoxy) is 1. The van der Waals surface area contributed by atoms with Crippen LogP contribution in [0, 0.1) is 0 Å². The van der Waals surface area contributed by atoms with E-state index in [-0.39, 0.29) is 11.6 Å².